The van der Waals surface area contributed by atoms with E-state index in [2.05, 4.69) is 10.6 Å². The van der Waals surface area contributed by atoms with Crippen LogP contribution in [0.1, 0.15) is 58.9 Å². The molecular formula is C23H36N2O7. The molecule has 0 unspecified atom stereocenters. The first-order valence-electron chi connectivity index (χ1n) is 10.9. The lowest BCUT2D eigenvalue weighted by Gasteiger charge is -2.23. The number of unbranched alkanes of at least 4 members (excludes halogenated alkanes) is 1. The molecule has 2 atom stereocenters. The van der Waals surface area contributed by atoms with E-state index in [9.17, 15) is 19.5 Å². The summed E-state index contributed by atoms with van der Waals surface area (Å²) in [6.45, 7) is 7.71. The quantitative estimate of drug-likeness (QED) is 0.253. The molecule has 0 aliphatic heterocycles. The minimum absolute atomic E-state index is 0.0904. The Bertz CT molecular complexity index is 704. The van der Waals surface area contributed by atoms with Crippen LogP contribution in [-0.2, 0) is 25.6 Å². The van der Waals surface area contributed by atoms with E-state index in [4.69, 9.17) is 14.2 Å². The fraction of sp³-hybridized carbons (Fsp3) is 0.609. The number of benzene rings is 1. The number of alkyl carbamates (subject to hydrolysis) is 2. The van der Waals surface area contributed by atoms with E-state index in [-0.39, 0.29) is 19.6 Å². The summed E-state index contributed by atoms with van der Waals surface area (Å²) in [5.41, 5.74) is 0.260. The monoisotopic (exact) mass is 452 g/mol. The van der Waals surface area contributed by atoms with Crippen molar-refractivity contribution in [2.75, 3.05) is 13.2 Å². The highest BCUT2D eigenvalue weighted by Gasteiger charge is 2.25. The molecule has 0 saturated carbocycles. The van der Waals surface area contributed by atoms with E-state index >= 15 is 0 Å². The lowest BCUT2D eigenvalue weighted by atomic mass is 10.0. The molecule has 2 amide bonds. The van der Waals surface area contributed by atoms with Gasteiger partial charge in [-0.1, -0.05) is 30.3 Å². The summed E-state index contributed by atoms with van der Waals surface area (Å²) in [5, 5.41) is 15.7. The summed E-state index contributed by atoms with van der Waals surface area (Å²) in [6.07, 6.45) is -0.989. The second-order valence-electron chi connectivity index (χ2n) is 8.31. The smallest absolute Gasteiger partial charge is 0.407 e. The number of amides is 2. The Balaban J connectivity index is 2.51. The Labute approximate surface area is 189 Å². The van der Waals surface area contributed by atoms with Crippen molar-refractivity contribution in [3.63, 3.8) is 0 Å². The van der Waals surface area contributed by atoms with E-state index in [1.165, 1.54) is 0 Å². The molecule has 0 spiro atoms. The maximum Gasteiger partial charge on any atom is 0.407 e. The number of nitrogens with one attached hydrogen (secondary N) is 2. The number of aliphatic hydroxyl groups excluding tert-OH is 1. The zero-order chi connectivity index (χ0) is 24.0. The molecule has 0 fully saturated rings. The first-order chi connectivity index (χ1) is 15.1. The van der Waals surface area contributed by atoms with Crippen LogP contribution in [0.15, 0.2) is 30.3 Å². The zero-order valence-corrected chi connectivity index (χ0v) is 19.4. The summed E-state index contributed by atoms with van der Waals surface area (Å²) < 4.78 is 15.3. The van der Waals surface area contributed by atoms with Gasteiger partial charge in [-0.3, -0.25) is 4.79 Å². The van der Waals surface area contributed by atoms with Crippen molar-refractivity contribution in [2.45, 2.75) is 77.7 Å². The van der Waals surface area contributed by atoms with Gasteiger partial charge < -0.3 is 30.0 Å². The van der Waals surface area contributed by atoms with Crippen LogP contribution < -0.4 is 10.6 Å². The van der Waals surface area contributed by atoms with Gasteiger partial charge >= 0.3 is 18.2 Å². The zero-order valence-electron chi connectivity index (χ0n) is 19.4. The normalized spacial score (nSPS) is 12.9. The largest absolute Gasteiger partial charge is 0.466 e. The Kier molecular flexibility index (Phi) is 12.2. The molecule has 1 aromatic rings. The number of aliphatic hydroxyl groups is 1. The molecule has 32 heavy (non-hydrogen) atoms. The van der Waals surface area contributed by atoms with Gasteiger partial charge in [-0.15, -0.1) is 0 Å². The molecule has 0 saturated heterocycles. The summed E-state index contributed by atoms with van der Waals surface area (Å²) in [6, 6.07) is 8.50. The van der Waals surface area contributed by atoms with Crippen molar-refractivity contribution in [1.82, 2.24) is 10.6 Å². The van der Waals surface area contributed by atoms with Crippen LogP contribution in [0.25, 0.3) is 0 Å². The van der Waals surface area contributed by atoms with Crippen LogP contribution in [0.4, 0.5) is 9.59 Å². The molecule has 0 aliphatic rings. The lowest BCUT2D eigenvalue weighted by molar-refractivity contribution is -0.145. The van der Waals surface area contributed by atoms with E-state index in [0.29, 0.717) is 25.8 Å². The van der Waals surface area contributed by atoms with Gasteiger partial charge in [0.1, 0.15) is 12.2 Å². The van der Waals surface area contributed by atoms with Crippen molar-refractivity contribution in [1.29, 1.82) is 0 Å². The van der Waals surface area contributed by atoms with Gasteiger partial charge in [0.05, 0.1) is 25.2 Å². The second kappa shape index (κ2) is 14.3. The van der Waals surface area contributed by atoms with Gasteiger partial charge in [-0.25, -0.2) is 9.59 Å². The Morgan fingerprint density at radius 1 is 1.03 bits per heavy atom. The Hall–Kier alpha value is -2.81. The lowest BCUT2D eigenvalue weighted by Crippen LogP contribution is -2.44. The van der Waals surface area contributed by atoms with Crippen molar-refractivity contribution >= 4 is 18.2 Å². The highest BCUT2D eigenvalue weighted by atomic mass is 16.6. The van der Waals surface area contributed by atoms with E-state index in [1.54, 1.807) is 27.7 Å². The topological polar surface area (TPSA) is 123 Å². The average Bonchev–Trinajstić information content (AvgIpc) is 2.70. The molecule has 180 valence electrons. The van der Waals surface area contributed by atoms with Crippen LogP contribution in [0, 0.1) is 0 Å². The molecule has 0 aliphatic carbocycles. The SMILES string of the molecule is CCOC(=O)C[C@@H](O)[C@H](CCCCNC(=O)OC(C)(C)C)NC(=O)OCc1ccccc1. The third-order valence-corrected chi connectivity index (χ3v) is 4.27. The van der Waals surface area contributed by atoms with Crippen LogP contribution >= 0.6 is 0 Å². The fourth-order valence-corrected chi connectivity index (χ4v) is 2.80. The number of rotatable bonds is 12. The number of hydrogen-bond acceptors (Lipinski definition) is 7. The third kappa shape index (κ3) is 12.8. The predicted octanol–water partition coefficient (Wildman–Crippen LogP) is 3.29. The second-order valence-corrected chi connectivity index (χ2v) is 8.31. The van der Waals surface area contributed by atoms with Gasteiger partial charge in [0, 0.05) is 6.54 Å². The first-order valence-corrected chi connectivity index (χ1v) is 10.9. The van der Waals surface area contributed by atoms with Gasteiger partial charge in [0.2, 0.25) is 0 Å². The van der Waals surface area contributed by atoms with Crippen molar-refractivity contribution in [3.05, 3.63) is 35.9 Å². The predicted molar refractivity (Wildman–Crippen MR) is 119 cm³/mol. The number of esters is 1. The standard InChI is InChI=1S/C23H36N2O7/c1-5-30-20(27)15-19(26)18(13-9-10-14-24-21(28)32-23(2,3)4)25-22(29)31-16-17-11-7-6-8-12-17/h6-8,11-12,18-19,26H,5,9-10,13-16H2,1-4H3,(H,24,28)(H,25,29)/t18-,19+/m0/s1. The number of hydrogen-bond donors (Lipinski definition) is 3. The molecule has 3 N–H and O–H groups in total. The van der Waals surface area contributed by atoms with Gasteiger partial charge in [-0.05, 0) is 52.5 Å². The fourth-order valence-electron chi connectivity index (χ4n) is 2.80. The minimum Gasteiger partial charge on any atom is -0.466 e. The van der Waals surface area contributed by atoms with E-state index in [1.807, 2.05) is 30.3 Å². The highest BCUT2D eigenvalue weighted by Crippen LogP contribution is 2.11. The molecule has 0 radical (unpaired) electrons. The molecular weight excluding hydrogens is 416 g/mol. The summed E-state index contributed by atoms with van der Waals surface area (Å²) in [4.78, 5) is 35.6. The third-order valence-electron chi connectivity index (χ3n) is 4.27. The summed E-state index contributed by atoms with van der Waals surface area (Å²) in [5.74, 6) is -0.545. The summed E-state index contributed by atoms with van der Waals surface area (Å²) >= 11 is 0. The number of ether oxygens (including phenoxy) is 3. The molecule has 1 rings (SSSR count). The van der Waals surface area contributed by atoms with E-state index < -0.39 is 35.9 Å². The number of carbonyl (C=O) groups excluding carboxylic acids is 3. The first kappa shape index (κ1) is 27.2. The Morgan fingerprint density at radius 2 is 1.72 bits per heavy atom. The number of carbonyl (C=O) groups is 3. The van der Waals surface area contributed by atoms with E-state index in [0.717, 1.165) is 5.56 Å². The van der Waals surface area contributed by atoms with Crippen LogP contribution in [0.5, 0.6) is 0 Å². The molecule has 0 heterocycles. The summed E-state index contributed by atoms with van der Waals surface area (Å²) in [7, 11) is 0. The van der Waals surface area contributed by atoms with Crippen molar-refractivity contribution in [3.8, 4) is 0 Å². The molecule has 1 aromatic carbocycles. The molecule has 0 bridgehead atoms. The van der Waals surface area contributed by atoms with Gasteiger partial charge in [0.15, 0.2) is 0 Å². The highest BCUT2D eigenvalue weighted by molar-refractivity contribution is 5.71. The molecule has 9 nitrogen and oxygen atoms in total. The van der Waals surface area contributed by atoms with Crippen LogP contribution in [-0.4, -0.2) is 54.2 Å². The van der Waals surface area contributed by atoms with Crippen LogP contribution in [0.2, 0.25) is 0 Å². The average molecular weight is 453 g/mol. The van der Waals surface area contributed by atoms with Crippen molar-refractivity contribution in [2.24, 2.45) is 0 Å². The van der Waals surface area contributed by atoms with Gasteiger partial charge in [0.25, 0.3) is 0 Å². The van der Waals surface area contributed by atoms with Crippen molar-refractivity contribution < 1.29 is 33.7 Å². The maximum atomic E-state index is 12.2. The molecule has 0 aromatic heterocycles. The molecule has 9 heteroatoms. The maximum absolute atomic E-state index is 12.2. The minimum atomic E-state index is -1.13. The van der Waals surface area contributed by atoms with Crippen LogP contribution in [0.3, 0.4) is 0 Å². The van der Waals surface area contributed by atoms with Gasteiger partial charge in [-0.2, -0.15) is 0 Å². The Morgan fingerprint density at radius 3 is 2.34 bits per heavy atom.